The van der Waals surface area contributed by atoms with Crippen LogP contribution in [-0.2, 0) is 13.0 Å². The Bertz CT molecular complexity index is 1750. The molecule has 5 rings (SSSR count). The van der Waals surface area contributed by atoms with E-state index in [4.69, 9.17) is 15.2 Å². The number of carbonyl (C=O) groups excluding carboxylic acids is 2. The van der Waals surface area contributed by atoms with Crippen molar-refractivity contribution in [1.82, 2.24) is 10.3 Å². The topological polar surface area (TPSA) is 153 Å². The fourth-order valence-corrected chi connectivity index (χ4v) is 6.24. The number of nitrogens with one attached hydrogen (secondary N) is 2. The van der Waals surface area contributed by atoms with Gasteiger partial charge < -0.3 is 30.9 Å². The number of hydrogen-bond donors (Lipinski definition) is 4. The molecule has 2 aromatic carbocycles. The smallest absolute Gasteiger partial charge is 0.355 e. The van der Waals surface area contributed by atoms with Crippen molar-refractivity contribution in [2.45, 2.75) is 52.5 Å². The third-order valence-corrected chi connectivity index (χ3v) is 8.67. The van der Waals surface area contributed by atoms with E-state index in [1.165, 1.54) is 12.1 Å². The van der Waals surface area contributed by atoms with Crippen LogP contribution < -0.4 is 25.8 Å². The lowest BCUT2D eigenvalue weighted by atomic mass is 9.93. The number of aromatic carboxylic acids is 1. The van der Waals surface area contributed by atoms with E-state index in [1.54, 1.807) is 29.5 Å². The first kappa shape index (κ1) is 32.6. The molecule has 0 unspecified atom stereocenters. The number of aromatic nitrogens is 1. The molecule has 11 heteroatoms. The van der Waals surface area contributed by atoms with Crippen molar-refractivity contribution in [1.29, 1.82) is 0 Å². The van der Waals surface area contributed by atoms with Gasteiger partial charge in [0.15, 0.2) is 5.69 Å². The minimum absolute atomic E-state index is 0.0281. The number of carbonyl (C=O) groups is 3. The Morgan fingerprint density at radius 1 is 1.00 bits per heavy atom. The average molecular weight is 643 g/mol. The van der Waals surface area contributed by atoms with E-state index in [9.17, 15) is 19.5 Å². The van der Waals surface area contributed by atoms with E-state index in [0.29, 0.717) is 55.5 Å². The second-order valence-corrected chi connectivity index (χ2v) is 11.9. The normalized spacial score (nSPS) is 11.9. The molecule has 0 aliphatic carbocycles. The largest absolute Gasteiger partial charge is 0.493 e. The number of anilines is 1. The van der Waals surface area contributed by atoms with Crippen LogP contribution in [0.5, 0.6) is 11.5 Å². The van der Waals surface area contributed by atoms with E-state index >= 15 is 0 Å². The molecule has 0 radical (unpaired) electrons. The molecule has 1 aliphatic heterocycles. The van der Waals surface area contributed by atoms with Crippen molar-refractivity contribution in [3.63, 3.8) is 0 Å². The molecule has 3 heterocycles. The Morgan fingerprint density at radius 3 is 2.61 bits per heavy atom. The molecule has 0 atom stereocenters. The zero-order valence-corrected chi connectivity index (χ0v) is 26.8. The maximum atomic E-state index is 14.2. The van der Waals surface area contributed by atoms with E-state index in [0.717, 1.165) is 47.3 Å². The van der Waals surface area contributed by atoms with E-state index in [2.05, 4.69) is 22.5 Å². The van der Waals surface area contributed by atoms with Crippen molar-refractivity contribution in [3.8, 4) is 33.1 Å². The molecule has 0 fully saturated rings. The zero-order valence-electron chi connectivity index (χ0n) is 26.0. The molecule has 0 saturated heterocycles. The van der Waals surface area contributed by atoms with Gasteiger partial charge in [-0.15, -0.1) is 11.3 Å². The van der Waals surface area contributed by atoms with Gasteiger partial charge in [0.1, 0.15) is 17.2 Å². The molecule has 5 N–H and O–H groups in total. The molecule has 0 saturated carbocycles. The van der Waals surface area contributed by atoms with Gasteiger partial charge in [0.05, 0.1) is 18.9 Å². The molecule has 2 aromatic heterocycles. The standard InChI is InChI=1S/C35H38N4O6S/c1-3-5-6-14-44-30-17-21(20-36)7-9-27(30)39-33(40)25-18-26-29(45-15-11-22-12-16-46-32(22)26)19-24(25)23-8-10-28(34(41)37-13-4-2)38-31(23)35(42)43/h7-10,12,16-19H,3-6,11,13-15,20,36H2,1-2H3,(H,37,41)(H,39,40)(H,42,43). The fraction of sp³-hybridized carbons (Fsp3) is 0.314. The number of amides is 2. The second kappa shape index (κ2) is 15.0. The van der Waals surface area contributed by atoms with Crippen LogP contribution in [-0.4, -0.2) is 47.6 Å². The number of pyridine rings is 1. The summed E-state index contributed by atoms with van der Waals surface area (Å²) in [4.78, 5) is 44.6. The Hall–Kier alpha value is -4.74. The Balaban J connectivity index is 1.62. The average Bonchev–Trinajstić information content (AvgIpc) is 3.46. The lowest BCUT2D eigenvalue weighted by Gasteiger charge is -2.18. The number of unbranched alkanes of at least 4 members (excludes halogenated alkanes) is 2. The maximum absolute atomic E-state index is 14.2. The highest BCUT2D eigenvalue weighted by Gasteiger charge is 2.27. The molecule has 2 amide bonds. The predicted molar refractivity (Wildman–Crippen MR) is 179 cm³/mol. The molecule has 1 aliphatic rings. The Morgan fingerprint density at radius 2 is 1.85 bits per heavy atom. The van der Waals surface area contributed by atoms with Crippen LogP contribution in [0.2, 0.25) is 0 Å². The summed E-state index contributed by atoms with van der Waals surface area (Å²) in [6, 6.07) is 13.9. The van der Waals surface area contributed by atoms with Crippen LogP contribution in [0.4, 0.5) is 5.69 Å². The number of carboxylic acid groups (broad SMARTS) is 1. The summed E-state index contributed by atoms with van der Waals surface area (Å²) < 4.78 is 12.2. The van der Waals surface area contributed by atoms with Crippen LogP contribution in [0.15, 0.2) is 53.9 Å². The van der Waals surface area contributed by atoms with Crippen LogP contribution in [0, 0.1) is 0 Å². The number of benzene rings is 2. The number of ether oxygens (including phenoxy) is 2. The summed E-state index contributed by atoms with van der Waals surface area (Å²) in [7, 11) is 0. The monoisotopic (exact) mass is 642 g/mol. The number of hydrogen-bond acceptors (Lipinski definition) is 8. The number of carboxylic acids is 1. The van der Waals surface area contributed by atoms with E-state index in [-0.39, 0.29) is 22.5 Å². The Kier molecular flexibility index (Phi) is 10.7. The van der Waals surface area contributed by atoms with Crippen molar-refractivity contribution >= 4 is 34.8 Å². The van der Waals surface area contributed by atoms with Gasteiger partial charge in [0, 0.05) is 46.6 Å². The first-order chi connectivity index (χ1) is 22.3. The number of thiophene rings is 1. The minimum atomic E-state index is -1.33. The minimum Gasteiger partial charge on any atom is -0.493 e. The van der Waals surface area contributed by atoms with Crippen LogP contribution in [0.3, 0.4) is 0 Å². The summed E-state index contributed by atoms with van der Waals surface area (Å²) >= 11 is 1.55. The number of fused-ring (bicyclic) bond motifs is 3. The number of nitrogens with zero attached hydrogens (tertiary/aromatic N) is 1. The summed E-state index contributed by atoms with van der Waals surface area (Å²) in [6.45, 7) is 5.68. The van der Waals surface area contributed by atoms with Crippen LogP contribution in [0.1, 0.15) is 82.0 Å². The van der Waals surface area contributed by atoms with Gasteiger partial charge in [-0.3, -0.25) is 9.59 Å². The molecule has 240 valence electrons. The summed E-state index contributed by atoms with van der Waals surface area (Å²) in [5.74, 6) is -1.25. The van der Waals surface area contributed by atoms with Gasteiger partial charge in [-0.2, -0.15) is 0 Å². The molecular formula is C35H38N4O6S. The summed E-state index contributed by atoms with van der Waals surface area (Å²) in [5, 5.41) is 17.9. The van der Waals surface area contributed by atoms with Crippen molar-refractivity contribution in [2.24, 2.45) is 5.73 Å². The Labute approximate surface area is 272 Å². The van der Waals surface area contributed by atoms with Gasteiger partial charge in [-0.05, 0) is 71.8 Å². The number of rotatable bonds is 13. The van der Waals surface area contributed by atoms with Crippen LogP contribution >= 0.6 is 11.3 Å². The van der Waals surface area contributed by atoms with Gasteiger partial charge in [-0.1, -0.05) is 32.8 Å². The van der Waals surface area contributed by atoms with Gasteiger partial charge >= 0.3 is 5.97 Å². The highest BCUT2D eigenvalue weighted by Crippen LogP contribution is 2.43. The molecule has 46 heavy (non-hydrogen) atoms. The maximum Gasteiger partial charge on any atom is 0.355 e. The van der Waals surface area contributed by atoms with Gasteiger partial charge in [-0.25, -0.2) is 9.78 Å². The first-order valence-electron chi connectivity index (χ1n) is 15.5. The van der Waals surface area contributed by atoms with Crippen molar-refractivity contribution in [2.75, 3.05) is 25.1 Å². The third-order valence-electron chi connectivity index (χ3n) is 7.68. The highest BCUT2D eigenvalue weighted by atomic mass is 32.1. The van der Waals surface area contributed by atoms with Gasteiger partial charge in [0.2, 0.25) is 0 Å². The lowest BCUT2D eigenvalue weighted by Crippen LogP contribution is -2.25. The fourth-order valence-electron chi connectivity index (χ4n) is 5.26. The second-order valence-electron chi connectivity index (χ2n) is 11.0. The summed E-state index contributed by atoms with van der Waals surface area (Å²) in [5.41, 5.74) is 9.39. The molecule has 0 spiro atoms. The quantitative estimate of drug-likeness (QED) is 0.120. The zero-order chi connectivity index (χ0) is 32.6. The molecule has 10 nitrogen and oxygen atoms in total. The molecule has 0 bridgehead atoms. The highest BCUT2D eigenvalue weighted by molar-refractivity contribution is 7.13. The third kappa shape index (κ3) is 7.21. The van der Waals surface area contributed by atoms with Crippen LogP contribution in [0.25, 0.3) is 21.6 Å². The predicted octanol–water partition coefficient (Wildman–Crippen LogP) is 6.53. The molecule has 4 aromatic rings. The van der Waals surface area contributed by atoms with E-state index < -0.39 is 17.8 Å². The first-order valence-corrected chi connectivity index (χ1v) is 16.4. The lowest BCUT2D eigenvalue weighted by molar-refractivity contribution is 0.0691. The summed E-state index contributed by atoms with van der Waals surface area (Å²) in [6.07, 6.45) is 4.34. The van der Waals surface area contributed by atoms with Gasteiger partial charge in [0.25, 0.3) is 11.8 Å². The molecular weight excluding hydrogens is 604 g/mol. The van der Waals surface area contributed by atoms with E-state index in [1.807, 2.05) is 30.5 Å². The van der Waals surface area contributed by atoms with Crippen molar-refractivity contribution < 1.29 is 29.0 Å². The SMILES string of the molecule is CCCCCOc1cc(CN)ccc1NC(=O)c1cc2c(cc1-c1ccc(C(=O)NCCC)nc1C(=O)O)OCCc1ccsc1-2. The number of nitrogens with two attached hydrogens (primary N) is 1. The van der Waals surface area contributed by atoms with Crippen molar-refractivity contribution in [3.05, 3.63) is 82.0 Å².